The van der Waals surface area contributed by atoms with Crippen molar-refractivity contribution >= 4 is 5.91 Å². The fourth-order valence-electron chi connectivity index (χ4n) is 4.05. The predicted molar refractivity (Wildman–Crippen MR) is 89.4 cm³/mol. The van der Waals surface area contributed by atoms with Gasteiger partial charge in [-0.15, -0.1) is 0 Å². The number of hydrogen-bond acceptors (Lipinski definition) is 4. The average Bonchev–Trinajstić information content (AvgIpc) is 3.35. The number of hydrogen-bond donors (Lipinski definition) is 1. The number of nitrogens with zero attached hydrogens (tertiary/aromatic N) is 5. The summed E-state index contributed by atoms with van der Waals surface area (Å²) in [4.78, 5) is 15.5. The lowest BCUT2D eigenvalue weighted by Gasteiger charge is -2.42. The maximum atomic E-state index is 13.5. The van der Waals surface area contributed by atoms with Crippen molar-refractivity contribution in [3.05, 3.63) is 36.9 Å². The van der Waals surface area contributed by atoms with Crippen molar-refractivity contribution in [1.82, 2.24) is 29.8 Å². The molecule has 7 heteroatoms. The van der Waals surface area contributed by atoms with Crippen LogP contribution in [0.1, 0.15) is 31.7 Å². The molecule has 2 aromatic rings. The van der Waals surface area contributed by atoms with Gasteiger partial charge in [-0.05, 0) is 50.9 Å². The molecular weight excluding hydrogens is 304 g/mol. The van der Waals surface area contributed by atoms with Gasteiger partial charge in [0.1, 0.15) is 5.54 Å². The topological polar surface area (TPSA) is 68.0 Å². The lowest BCUT2D eigenvalue weighted by molar-refractivity contribution is -0.145. The van der Waals surface area contributed by atoms with Gasteiger partial charge < -0.3 is 10.2 Å². The Bertz CT molecular complexity index is 659. The maximum Gasteiger partial charge on any atom is 0.250 e. The minimum Gasteiger partial charge on any atom is -0.338 e. The van der Waals surface area contributed by atoms with E-state index in [1.54, 1.807) is 12.4 Å². The van der Waals surface area contributed by atoms with E-state index < -0.39 is 5.54 Å². The van der Waals surface area contributed by atoms with Crippen LogP contribution in [0.25, 0.3) is 0 Å². The van der Waals surface area contributed by atoms with Crippen LogP contribution in [0.3, 0.4) is 0 Å². The molecule has 0 bridgehead atoms. The number of rotatable bonds is 3. The summed E-state index contributed by atoms with van der Waals surface area (Å²) in [7, 11) is 0. The molecule has 0 spiro atoms. The SMILES string of the molecule is O=C(N1CCCC(n2cccn2)C1)C1(n2cccn2)CCNCC1. The highest BCUT2D eigenvalue weighted by Crippen LogP contribution is 2.32. The first-order chi connectivity index (χ1) is 11.8. The number of carbonyl (C=O) groups is 1. The summed E-state index contributed by atoms with van der Waals surface area (Å²) in [5.41, 5.74) is -0.541. The molecule has 1 N–H and O–H groups in total. The summed E-state index contributed by atoms with van der Waals surface area (Å²) < 4.78 is 3.87. The van der Waals surface area contributed by atoms with E-state index in [9.17, 15) is 4.79 Å². The standard InChI is InChI=1S/C17H24N6O/c24-16(17(5-9-18-10-6-17)23-13-3-8-20-23)21-11-1-4-15(14-21)22-12-2-7-19-22/h2-3,7-8,12-13,15,18H,1,4-6,9-11,14H2. The van der Waals surface area contributed by atoms with Crippen LogP contribution < -0.4 is 5.32 Å². The van der Waals surface area contributed by atoms with Crippen molar-refractivity contribution in [1.29, 1.82) is 0 Å². The van der Waals surface area contributed by atoms with Gasteiger partial charge in [-0.2, -0.15) is 10.2 Å². The normalized spacial score (nSPS) is 24.0. The number of likely N-dealkylation sites (tertiary alicyclic amines) is 1. The summed E-state index contributed by atoms with van der Waals surface area (Å²) in [6, 6.07) is 4.12. The van der Waals surface area contributed by atoms with Gasteiger partial charge in [-0.3, -0.25) is 14.2 Å². The van der Waals surface area contributed by atoms with Crippen molar-refractivity contribution in [2.75, 3.05) is 26.2 Å². The zero-order chi connectivity index (χ0) is 16.4. The van der Waals surface area contributed by atoms with Gasteiger partial charge in [-0.1, -0.05) is 0 Å². The van der Waals surface area contributed by atoms with Crippen LogP contribution in [-0.4, -0.2) is 56.5 Å². The van der Waals surface area contributed by atoms with Gasteiger partial charge in [0.05, 0.1) is 6.04 Å². The van der Waals surface area contributed by atoms with E-state index in [1.807, 2.05) is 38.8 Å². The van der Waals surface area contributed by atoms with Gasteiger partial charge >= 0.3 is 0 Å². The Morgan fingerprint density at radius 2 is 1.92 bits per heavy atom. The molecule has 2 fully saturated rings. The number of carbonyl (C=O) groups excluding carboxylic acids is 1. The highest BCUT2D eigenvalue weighted by molar-refractivity contribution is 5.84. The van der Waals surface area contributed by atoms with Crippen molar-refractivity contribution in [3.63, 3.8) is 0 Å². The summed E-state index contributed by atoms with van der Waals surface area (Å²) in [5, 5.41) is 12.1. The first-order valence-corrected chi connectivity index (χ1v) is 8.79. The summed E-state index contributed by atoms with van der Waals surface area (Å²) in [6.07, 6.45) is 11.2. The predicted octanol–water partition coefficient (Wildman–Crippen LogP) is 1.02. The third kappa shape index (κ3) is 2.62. The molecule has 24 heavy (non-hydrogen) atoms. The average molecular weight is 328 g/mol. The van der Waals surface area contributed by atoms with Crippen LogP contribution in [0.4, 0.5) is 0 Å². The molecule has 1 amide bonds. The van der Waals surface area contributed by atoms with E-state index in [-0.39, 0.29) is 11.9 Å². The molecule has 2 aromatic heterocycles. The van der Waals surface area contributed by atoms with Gasteiger partial charge in [0, 0.05) is 37.9 Å². The molecule has 1 unspecified atom stereocenters. The molecule has 0 aliphatic carbocycles. The fraction of sp³-hybridized carbons (Fsp3) is 0.588. The second-order valence-electron chi connectivity index (χ2n) is 6.77. The van der Waals surface area contributed by atoms with E-state index >= 15 is 0 Å². The van der Waals surface area contributed by atoms with E-state index in [0.29, 0.717) is 0 Å². The van der Waals surface area contributed by atoms with Gasteiger partial charge in [-0.25, -0.2) is 0 Å². The lowest BCUT2D eigenvalue weighted by atomic mass is 9.86. The largest absolute Gasteiger partial charge is 0.338 e. The first kappa shape index (κ1) is 15.4. The zero-order valence-electron chi connectivity index (χ0n) is 13.8. The van der Waals surface area contributed by atoms with Crippen molar-refractivity contribution in [2.45, 2.75) is 37.3 Å². The van der Waals surface area contributed by atoms with Crippen LogP contribution >= 0.6 is 0 Å². The Labute approximate surface area is 141 Å². The fourth-order valence-corrected chi connectivity index (χ4v) is 4.05. The van der Waals surface area contributed by atoms with E-state index in [1.165, 1.54) is 0 Å². The third-order valence-corrected chi connectivity index (χ3v) is 5.35. The number of piperidine rings is 2. The molecule has 0 saturated carbocycles. The third-order valence-electron chi connectivity index (χ3n) is 5.35. The van der Waals surface area contributed by atoms with Crippen LogP contribution in [0, 0.1) is 0 Å². The highest BCUT2D eigenvalue weighted by Gasteiger charge is 2.45. The quantitative estimate of drug-likeness (QED) is 0.913. The van der Waals surface area contributed by atoms with Crippen molar-refractivity contribution in [3.8, 4) is 0 Å². The molecule has 1 atom stereocenters. The first-order valence-electron chi connectivity index (χ1n) is 8.79. The summed E-state index contributed by atoms with van der Waals surface area (Å²) >= 11 is 0. The van der Waals surface area contributed by atoms with Crippen LogP contribution in [0.5, 0.6) is 0 Å². The summed E-state index contributed by atoms with van der Waals surface area (Å²) in [6.45, 7) is 3.26. The molecule has 2 aliphatic heterocycles. The number of amides is 1. The Balaban J connectivity index is 1.58. The molecule has 0 radical (unpaired) electrons. The molecule has 7 nitrogen and oxygen atoms in total. The molecule has 4 heterocycles. The zero-order valence-corrected chi connectivity index (χ0v) is 13.8. The highest BCUT2D eigenvalue weighted by atomic mass is 16.2. The van der Waals surface area contributed by atoms with Gasteiger partial charge in [0.25, 0.3) is 5.91 Å². The maximum absolute atomic E-state index is 13.5. The smallest absolute Gasteiger partial charge is 0.250 e. The lowest BCUT2D eigenvalue weighted by Crippen LogP contribution is -2.57. The second kappa shape index (κ2) is 6.39. The Morgan fingerprint density at radius 1 is 1.12 bits per heavy atom. The number of aromatic nitrogens is 4. The molecule has 2 aliphatic rings. The second-order valence-corrected chi connectivity index (χ2v) is 6.77. The summed E-state index contributed by atoms with van der Waals surface area (Å²) in [5.74, 6) is 0.213. The Morgan fingerprint density at radius 3 is 2.62 bits per heavy atom. The Kier molecular flexibility index (Phi) is 4.10. The van der Waals surface area contributed by atoms with Crippen LogP contribution in [-0.2, 0) is 10.3 Å². The van der Waals surface area contributed by atoms with Crippen molar-refractivity contribution in [2.24, 2.45) is 0 Å². The molecule has 2 saturated heterocycles. The monoisotopic (exact) mass is 328 g/mol. The van der Waals surface area contributed by atoms with Gasteiger partial charge in [0.15, 0.2) is 0 Å². The Hall–Kier alpha value is -2.15. The van der Waals surface area contributed by atoms with Crippen LogP contribution in [0.15, 0.2) is 36.9 Å². The minimum atomic E-state index is -0.541. The van der Waals surface area contributed by atoms with E-state index in [0.717, 1.165) is 51.9 Å². The molecule has 4 rings (SSSR count). The van der Waals surface area contributed by atoms with Crippen LogP contribution in [0.2, 0.25) is 0 Å². The number of nitrogens with one attached hydrogen (secondary N) is 1. The van der Waals surface area contributed by atoms with E-state index in [4.69, 9.17) is 0 Å². The van der Waals surface area contributed by atoms with Crippen molar-refractivity contribution < 1.29 is 4.79 Å². The van der Waals surface area contributed by atoms with Gasteiger partial charge in [0.2, 0.25) is 0 Å². The molecular formula is C17H24N6O. The van der Waals surface area contributed by atoms with E-state index in [2.05, 4.69) is 15.5 Å². The molecule has 0 aromatic carbocycles. The molecule has 128 valence electrons. The minimum absolute atomic E-state index is 0.213.